The molecule has 1 aliphatic heterocycles. The number of nitrogens with zero attached hydrogens (tertiary/aromatic N) is 2. The number of carbonyl (C=O) groups excluding carboxylic acids is 2. The maximum Gasteiger partial charge on any atom is 0.409 e. The Morgan fingerprint density at radius 1 is 1.16 bits per heavy atom. The van der Waals surface area contributed by atoms with Gasteiger partial charge in [0.1, 0.15) is 0 Å². The normalized spacial score (nSPS) is 14.4. The first-order chi connectivity index (χ1) is 14.9. The quantitative estimate of drug-likeness (QED) is 0.232. The third kappa shape index (κ3) is 9.92. The summed E-state index contributed by atoms with van der Waals surface area (Å²) in [5, 5.41) is 12.4. The van der Waals surface area contributed by atoms with Gasteiger partial charge in [0, 0.05) is 37.4 Å². The van der Waals surface area contributed by atoms with E-state index in [1.165, 1.54) is 0 Å². The number of hydrogen-bond donors (Lipinski definition) is 4. The molecule has 1 aromatic rings. The molecule has 1 heterocycles. The molecule has 10 heteroatoms. The third-order valence-corrected chi connectivity index (χ3v) is 4.76. The lowest BCUT2D eigenvalue weighted by molar-refractivity contribution is 0.0963. The van der Waals surface area contributed by atoms with Gasteiger partial charge in [0.05, 0.1) is 13.2 Å². The Balaban J connectivity index is 0.00000512. The smallest absolute Gasteiger partial charge is 0.409 e. The molecule has 0 radical (unpaired) electrons. The summed E-state index contributed by atoms with van der Waals surface area (Å²) < 4.78 is 5.07. The predicted octanol–water partition coefficient (Wildman–Crippen LogP) is 3.51. The van der Waals surface area contributed by atoms with Crippen LogP contribution in [0.3, 0.4) is 0 Å². The van der Waals surface area contributed by atoms with Gasteiger partial charge in [0.2, 0.25) is 0 Å². The van der Waals surface area contributed by atoms with E-state index in [1.54, 1.807) is 4.90 Å². The zero-order valence-electron chi connectivity index (χ0n) is 19.4. The number of anilines is 1. The summed E-state index contributed by atoms with van der Waals surface area (Å²) in [5.41, 5.74) is 1.79. The summed E-state index contributed by atoms with van der Waals surface area (Å²) in [6.07, 6.45) is 1.46. The first kappa shape index (κ1) is 27.8. The lowest BCUT2D eigenvalue weighted by Crippen LogP contribution is -2.49. The summed E-state index contributed by atoms with van der Waals surface area (Å²) >= 11 is 0. The van der Waals surface area contributed by atoms with Gasteiger partial charge in [-0.05, 0) is 58.2 Å². The lowest BCUT2D eigenvalue weighted by atomic mass is 10.1. The van der Waals surface area contributed by atoms with Crippen molar-refractivity contribution in [1.82, 2.24) is 20.9 Å². The molecule has 0 spiro atoms. The number of guanidine groups is 1. The van der Waals surface area contributed by atoms with Crippen LogP contribution in [0.25, 0.3) is 0 Å². The fourth-order valence-electron chi connectivity index (χ4n) is 3.23. The van der Waals surface area contributed by atoms with E-state index in [9.17, 15) is 9.59 Å². The number of urea groups is 1. The lowest BCUT2D eigenvalue weighted by Gasteiger charge is -2.32. The Hall–Kier alpha value is -2.24. The average molecular weight is 560 g/mol. The largest absolute Gasteiger partial charge is 0.450 e. The molecule has 4 N–H and O–H groups in total. The van der Waals surface area contributed by atoms with Crippen LogP contribution in [0, 0.1) is 0 Å². The molecule has 2 rings (SSSR count). The van der Waals surface area contributed by atoms with Crippen molar-refractivity contribution in [2.75, 3.05) is 31.6 Å². The number of amides is 3. The second-order valence-electron chi connectivity index (χ2n) is 7.75. The Morgan fingerprint density at radius 2 is 1.81 bits per heavy atom. The fourth-order valence-corrected chi connectivity index (χ4v) is 3.23. The first-order valence-electron chi connectivity index (χ1n) is 11.0. The molecule has 1 aliphatic rings. The molecular formula is C22H37IN6O3. The van der Waals surface area contributed by atoms with Crippen molar-refractivity contribution in [2.45, 2.75) is 59.2 Å². The molecule has 0 aliphatic carbocycles. The van der Waals surface area contributed by atoms with Crippen LogP contribution in [0.4, 0.5) is 15.3 Å². The third-order valence-electron chi connectivity index (χ3n) is 4.76. The summed E-state index contributed by atoms with van der Waals surface area (Å²) in [7, 11) is 0. The standard InChI is InChI=1S/C22H36N6O3.HI/c1-5-23-20(26-19-11-13-28(14-12-19)22(30)31-6-2)24-15-17-7-9-18(10-8-17)27-21(29)25-16(3)4;/h7-10,16,19H,5-6,11-15H2,1-4H3,(H2,23,24,26)(H2,25,27,29);1H. The zero-order valence-corrected chi connectivity index (χ0v) is 21.8. The van der Waals surface area contributed by atoms with E-state index in [0.717, 1.165) is 36.6 Å². The number of ether oxygens (including phenoxy) is 1. The molecule has 0 saturated carbocycles. The predicted molar refractivity (Wildman–Crippen MR) is 139 cm³/mol. The second-order valence-corrected chi connectivity index (χ2v) is 7.75. The van der Waals surface area contributed by atoms with Gasteiger partial charge >= 0.3 is 12.1 Å². The van der Waals surface area contributed by atoms with Crippen LogP contribution < -0.4 is 21.3 Å². The SMILES string of the molecule is CCNC(=NCc1ccc(NC(=O)NC(C)C)cc1)NC1CCN(C(=O)OCC)CC1.I. The molecule has 180 valence electrons. The summed E-state index contributed by atoms with van der Waals surface area (Å²) in [6.45, 7) is 10.7. The minimum absolute atomic E-state index is 0. The highest BCUT2D eigenvalue weighted by Crippen LogP contribution is 2.13. The van der Waals surface area contributed by atoms with E-state index in [1.807, 2.05) is 52.0 Å². The first-order valence-corrected chi connectivity index (χ1v) is 11.0. The van der Waals surface area contributed by atoms with Crippen molar-refractivity contribution in [1.29, 1.82) is 0 Å². The van der Waals surface area contributed by atoms with Crippen molar-refractivity contribution in [3.8, 4) is 0 Å². The minimum Gasteiger partial charge on any atom is -0.450 e. The minimum atomic E-state index is -0.235. The maximum absolute atomic E-state index is 11.8. The fraction of sp³-hybridized carbons (Fsp3) is 0.591. The van der Waals surface area contributed by atoms with E-state index in [-0.39, 0.29) is 48.2 Å². The number of aliphatic imine (C=N–C) groups is 1. The number of halogens is 1. The van der Waals surface area contributed by atoms with Gasteiger partial charge in [-0.25, -0.2) is 14.6 Å². The van der Waals surface area contributed by atoms with Crippen molar-refractivity contribution in [3.63, 3.8) is 0 Å². The summed E-state index contributed by atoms with van der Waals surface area (Å²) in [4.78, 5) is 30.1. The van der Waals surface area contributed by atoms with E-state index >= 15 is 0 Å². The Kier molecular flexibility index (Phi) is 12.8. The van der Waals surface area contributed by atoms with Crippen molar-refractivity contribution >= 4 is 47.7 Å². The topological polar surface area (TPSA) is 107 Å². The number of hydrogen-bond acceptors (Lipinski definition) is 4. The van der Waals surface area contributed by atoms with Gasteiger partial charge in [-0.1, -0.05) is 12.1 Å². The molecule has 0 atom stereocenters. The molecule has 0 bridgehead atoms. The highest BCUT2D eigenvalue weighted by Gasteiger charge is 2.24. The highest BCUT2D eigenvalue weighted by atomic mass is 127. The van der Waals surface area contributed by atoms with Crippen molar-refractivity contribution < 1.29 is 14.3 Å². The molecule has 1 saturated heterocycles. The highest BCUT2D eigenvalue weighted by molar-refractivity contribution is 14.0. The molecule has 9 nitrogen and oxygen atoms in total. The van der Waals surface area contributed by atoms with Crippen LogP contribution in [-0.2, 0) is 11.3 Å². The van der Waals surface area contributed by atoms with Gasteiger partial charge in [-0.3, -0.25) is 0 Å². The Bertz CT molecular complexity index is 734. The van der Waals surface area contributed by atoms with Crippen molar-refractivity contribution in [3.05, 3.63) is 29.8 Å². The molecule has 3 amide bonds. The van der Waals surface area contributed by atoms with Crippen LogP contribution in [0.2, 0.25) is 0 Å². The van der Waals surface area contributed by atoms with Crippen LogP contribution in [0.15, 0.2) is 29.3 Å². The number of likely N-dealkylation sites (tertiary alicyclic amines) is 1. The van der Waals surface area contributed by atoms with Gasteiger partial charge < -0.3 is 30.9 Å². The van der Waals surface area contributed by atoms with Crippen molar-refractivity contribution in [2.24, 2.45) is 4.99 Å². The molecular weight excluding hydrogens is 523 g/mol. The molecule has 1 fully saturated rings. The maximum atomic E-state index is 11.8. The average Bonchev–Trinajstić information content (AvgIpc) is 2.73. The molecule has 32 heavy (non-hydrogen) atoms. The van der Waals surface area contributed by atoms with Gasteiger partial charge in [-0.2, -0.15) is 0 Å². The van der Waals surface area contributed by atoms with Crippen LogP contribution in [0.5, 0.6) is 0 Å². The number of piperidine rings is 1. The Labute approximate surface area is 208 Å². The van der Waals surface area contributed by atoms with Gasteiger partial charge in [0.15, 0.2) is 5.96 Å². The summed E-state index contributed by atoms with van der Waals surface area (Å²) in [5.74, 6) is 0.760. The van der Waals surface area contributed by atoms with E-state index in [4.69, 9.17) is 4.74 Å². The van der Waals surface area contributed by atoms with Crippen LogP contribution in [-0.4, -0.2) is 61.3 Å². The monoisotopic (exact) mass is 560 g/mol. The number of benzene rings is 1. The molecule has 0 aromatic heterocycles. The van der Waals surface area contributed by atoms with E-state index in [0.29, 0.717) is 26.2 Å². The summed E-state index contributed by atoms with van der Waals surface area (Å²) in [6, 6.07) is 7.78. The zero-order chi connectivity index (χ0) is 22.6. The van der Waals surface area contributed by atoms with Gasteiger partial charge in [0.25, 0.3) is 0 Å². The van der Waals surface area contributed by atoms with Crippen LogP contribution >= 0.6 is 24.0 Å². The van der Waals surface area contributed by atoms with Gasteiger partial charge in [-0.15, -0.1) is 24.0 Å². The Morgan fingerprint density at radius 3 is 2.38 bits per heavy atom. The number of carbonyl (C=O) groups is 2. The number of nitrogens with one attached hydrogen (secondary N) is 4. The molecule has 1 aromatic carbocycles. The van der Waals surface area contributed by atoms with Crippen LogP contribution in [0.1, 0.15) is 46.1 Å². The van der Waals surface area contributed by atoms with E-state index < -0.39 is 0 Å². The van der Waals surface area contributed by atoms with E-state index in [2.05, 4.69) is 26.3 Å². The molecule has 0 unspecified atom stereocenters. The second kappa shape index (κ2) is 14.8. The number of rotatable bonds is 7.